The molecule has 30 heavy (non-hydrogen) atoms. The summed E-state index contributed by atoms with van der Waals surface area (Å²) in [4.78, 5) is 24.2. The van der Waals surface area contributed by atoms with Crippen molar-refractivity contribution in [2.24, 2.45) is 16.7 Å². The van der Waals surface area contributed by atoms with Gasteiger partial charge in [0.25, 0.3) is 0 Å². The van der Waals surface area contributed by atoms with E-state index < -0.39 is 10.8 Å². The Morgan fingerprint density at radius 1 is 0.867 bits per heavy atom. The van der Waals surface area contributed by atoms with E-state index in [-0.39, 0.29) is 11.8 Å². The molecule has 2 atom stereocenters. The summed E-state index contributed by atoms with van der Waals surface area (Å²) in [6.07, 6.45) is 4.02. The van der Waals surface area contributed by atoms with Crippen molar-refractivity contribution in [2.75, 3.05) is 10.6 Å². The highest BCUT2D eigenvalue weighted by Crippen LogP contribution is 2.41. The number of hydrogen-bond donors (Lipinski definition) is 2. The van der Waals surface area contributed by atoms with Crippen LogP contribution in [0.3, 0.4) is 0 Å². The van der Waals surface area contributed by atoms with Crippen LogP contribution in [0, 0.1) is 16.7 Å². The lowest BCUT2D eigenvalue weighted by Crippen LogP contribution is -2.27. The highest BCUT2D eigenvalue weighted by molar-refractivity contribution is 7.15. The van der Waals surface area contributed by atoms with Gasteiger partial charge in [-0.1, -0.05) is 64.2 Å². The Morgan fingerprint density at radius 2 is 1.43 bits per heavy atom. The fourth-order valence-electron chi connectivity index (χ4n) is 3.14. The predicted molar refractivity (Wildman–Crippen MR) is 120 cm³/mol. The minimum atomic E-state index is -0.461. The van der Waals surface area contributed by atoms with Crippen molar-refractivity contribution >= 4 is 44.8 Å². The number of amides is 2. The minimum absolute atomic E-state index is 0.0554. The monoisotopic (exact) mass is 450 g/mol. The van der Waals surface area contributed by atoms with E-state index in [1.165, 1.54) is 22.7 Å². The lowest BCUT2D eigenvalue weighted by Gasteiger charge is -2.15. The van der Waals surface area contributed by atoms with Gasteiger partial charge in [-0.25, -0.2) is 0 Å². The van der Waals surface area contributed by atoms with Gasteiger partial charge in [-0.2, -0.15) is 0 Å². The van der Waals surface area contributed by atoms with Gasteiger partial charge in [-0.15, -0.1) is 20.4 Å². The SMILES string of the molecule is CC(C)(C)C(=O)Nc1nnc(C[C@@H]2CCC(c3nnc(NC(=O)C(C)(C)C)s3)C2)s1. The Bertz CT molecular complexity index is 909. The second-order valence-electron chi connectivity index (χ2n) is 9.93. The van der Waals surface area contributed by atoms with Gasteiger partial charge in [0.2, 0.25) is 22.1 Å². The van der Waals surface area contributed by atoms with Gasteiger partial charge in [-0.3, -0.25) is 9.59 Å². The molecular formula is C20H30N6O2S2. The highest BCUT2D eigenvalue weighted by atomic mass is 32.1. The zero-order chi connectivity index (χ0) is 22.1. The van der Waals surface area contributed by atoms with Gasteiger partial charge < -0.3 is 10.6 Å². The third kappa shape index (κ3) is 5.81. The van der Waals surface area contributed by atoms with Crippen molar-refractivity contribution in [1.82, 2.24) is 20.4 Å². The van der Waals surface area contributed by atoms with Crippen molar-refractivity contribution in [3.63, 3.8) is 0 Å². The second kappa shape index (κ2) is 8.66. The number of hydrogen-bond acceptors (Lipinski definition) is 8. The summed E-state index contributed by atoms with van der Waals surface area (Å²) in [7, 11) is 0. The fraction of sp³-hybridized carbons (Fsp3) is 0.700. The molecule has 164 valence electrons. The number of anilines is 2. The Hall–Kier alpha value is -1.94. The molecule has 1 aliphatic carbocycles. The Morgan fingerprint density at radius 3 is 2.03 bits per heavy atom. The Balaban J connectivity index is 1.53. The molecule has 1 unspecified atom stereocenters. The zero-order valence-electron chi connectivity index (χ0n) is 18.4. The molecule has 10 heteroatoms. The average Bonchev–Trinajstić information content (AvgIpc) is 3.35. The number of nitrogens with zero attached hydrogens (tertiary/aromatic N) is 4. The molecule has 0 aromatic carbocycles. The van der Waals surface area contributed by atoms with Crippen molar-refractivity contribution in [1.29, 1.82) is 0 Å². The van der Waals surface area contributed by atoms with Gasteiger partial charge in [-0.05, 0) is 25.2 Å². The van der Waals surface area contributed by atoms with Gasteiger partial charge in [0, 0.05) is 23.2 Å². The summed E-state index contributed by atoms with van der Waals surface area (Å²) in [6.45, 7) is 11.2. The van der Waals surface area contributed by atoms with Crippen LogP contribution in [0.15, 0.2) is 0 Å². The summed E-state index contributed by atoms with van der Waals surface area (Å²) in [5.41, 5.74) is -0.922. The largest absolute Gasteiger partial charge is 0.300 e. The van der Waals surface area contributed by atoms with Gasteiger partial charge in [0.15, 0.2) is 0 Å². The second-order valence-corrected chi connectivity index (χ2v) is 12.0. The van der Waals surface area contributed by atoms with Gasteiger partial charge in [0.05, 0.1) is 0 Å². The molecule has 0 radical (unpaired) electrons. The molecule has 2 N–H and O–H groups in total. The summed E-state index contributed by atoms with van der Waals surface area (Å²) in [5, 5.41) is 25.6. The van der Waals surface area contributed by atoms with E-state index in [9.17, 15) is 9.59 Å². The van der Waals surface area contributed by atoms with Crippen LogP contribution in [0.1, 0.15) is 76.7 Å². The van der Waals surface area contributed by atoms with E-state index in [0.717, 1.165) is 35.7 Å². The average molecular weight is 451 g/mol. The molecule has 0 bridgehead atoms. The summed E-state index contributed by atoms with van der Waals surface area (Å²) in [6, 6.07) is 0. The van der Waals surface area contributed by atoms with Crippen molar-refractivity contribution in [3.8, 4) is 0 Å². The third-order valence-corrected chi connectivity index (χ3v) is 6.93. The van der Waals surface area contributed by atoms with Gasteiger partial charge >= 0.3 is 0 Å². The molecule has 2 aromatic heterocycles. The van der Waals surface area contributed by atoms with Crippen LogP contribution in [0.5, 0.6) is 0 Å². The first kappa shape index (κ1) is 22.7. The van der Waals surface area contributed by atoms with Crippen LogP contribution >= 0.6 is 22.7 Å². The Kier molecular flexibility index (Phi) is 6.57. The summed E-state index contributed by atoms with van der Waals surface area (Å²) >= 11 is 2.92. The fourth-order valence-corrected chi connectivity index (χ4v) is 4.87. The molecule has 1 saturated carbocycles. The Labute approximate surface area is 185 Å². The van der Waals surface area contributed by atoms with E-state index in [0.29, 0.717) is 22.1 Å². The normalized spacial score (nSPS) is 19.7. The maximum Gasteiger partial charge on any atom is 0.231 e. The molecular weight excluding hydrogens is 420 g/mol. The standard InChI is InChI=1S/C20H30N6O2S2/c1-19(2,3)15(27)21-17-25-23-13(29-17)10-11-7-8-12(9-11)14-24-26-18(30-14)22-16(28)20(4,5)6/h11-12H,7-10H2,1-6H3,(H,21,25,27)(H,22,26,28)/t11-,12?/m1/s1. The van der Waals surface area contributed by atoms with E-state index in [1.54, 1.807) is 0 Å². The quantitative estimate of drug-likeness (QED) is 0.695. The van der Waals surface area contributed by atoms with E-state index in [1.807, 2.05) is 41.5 Å². The number of rotatable bonds is 5. The molecule has 2 amide bonds. The maximum absolute atomic E-state index is 12.1. The first-order valence-electron chi connectivity index (χ1n) is 10.2. The summed E-state index contributed by atoms with van der Waals surface area (Å²) in [5.74, 6) is 0.753. The first-order valence-corrected chi connectivity index (χ1v) is 11.8. The number of nitrogens with one attached hydrogen (secondary N) is 2. The van der Waals surface area contributed by atoms with E-state index in [4.69, 9.17) is 0 Å². The number of carbonyl (C=O) groups is 2. The maximum atomic E-state index is 12.1. The highest BCUT2D eigenvalue weighted by Gasteiger charge is 2.30. The molecule has 2 aromatic rings. The van der Waals surface area contributed by atoms with Crippen molar-refractivity contribution in [3.05, 3.63) is 10.0 Å². The molecule has 1 aliphatic rings. The zero-order valence-corrected chi connectivity index (χ0v) is 20.0. The van der Waals surface area contributed by atoms with Gasteiger partial charge in [0.1, 0.15) is 10.0 Å². The van der Waals surface area contributed by atoms with Crippen LogP contribution in [0.4, 0.5) is 10.3 Å². The minimum Gasteiger partial charge on any atom is -0.300 e. The number of aromatic nitrogens is 4. The lowest BCUT2D eigenvalue weighted by atomic mass is 9.96. The smallest absolute Gasteiger partial charge is 0.231 e. The lowest BCUT2D eigenvalue weighted by molar-refractivity contribution is -0.123. The third-order valence-electron chi connectivity index (χ3n) is 5.06. The number of carbonyl (C=O) groups excluding carboxylic acids is 2. The first-order chi connectivity index (χ1) is 13.9. The molecule has 3 rings (SSSR count). The van der Waals surface area contributed by atoms with E-state index in [2.05, 4.69) is 31.0 Å². The summed E-state index contributed by atoms with van der Waals surface area (Å²) < 4.78 is 0. The molecule has 0 aliphatic heterocycles. The van der Waals surface area contributed by atoms with Crippen LogP contribution < -0.4 is 10.6 Å². The molecule has 1 fully saturated rings. The van der Waals surface area contributed by atoms with Crippen LogP contribution in [-0.2, 0) is 16.0 Å². The predicted octanol–water partition coefficient (Wildman–Crippen LogP) is 4.49. The van der Waals surface area contributed by atoms with E-state index >= 15 is 0 Å². The van der Waals surface area contributed by atoms with Crippen LogP contribution in [0.25, 0.3) is 0 Å². The molecule has 8 nitrogen and oxygen atoms in total. The van der Waals surface area contributed by atoms with Crippen LogP contribution in [-0.4, -0.2) is 32.2 Å². The van der Waals surface area contributed by atoms with Crippen molar-refractivity contribution < 1.29 is 9.59 Å². The topological polar surface area (TPSA) is 110 Å². The molecule has 0 saturated heterocycles. The van der Waals surface area contributed by atoms with Crippen molar-refractivity contribution in [2.45, 2.75) is 73.1 Å². The molecule has 0 spiro atoms. The molecule has 2 heterocycles. The van der Waals surface area contributed by atoms with Crippen LogP contribution in [0.2, 0.25) is 0 Å².